The molecule has 0 aliphatic heterocycles. The fourth-order valence-corrected chi connectivity index (χ4v) is 10.3. The molecule has 11 rings (SSSR count). The maximum Gasteiger partial charge on any atom is 0.124 e. The van der Waals surface area contributed by atoms with E-state index in [9.17, 15) is 0 Å². The van der Waals surface area contributed by atoms with Gasteiger partial charge in [0.2, 0.25) is 0 Å². The van der Waals surface area contributed by atoms with Gasteiger partial charge in [-0.15, -0.1) is 22.7 Å². The standard InChI is InChI=1S/C56H36N2S2/c1-5-18-37(19-6-1)46-36-47(53(39-22-9-3-10-23-39)54(40-24-11-4-12-25-40)52(46)38-20-7-2-8-21-38)42-27-17-26-41(32-42)43-33-44(55-57-48-28-13-15-30-50(48)59-55)35-45(34-43)56-58-49-29-14-16-31-51(49)60-56/h1-36H. The third-order valence-corrected chi connectivity index (χ3v) is 13.3. The zero-order valence-electron chi connectivity index (χ0n) is 32.5. The van der Waals surface area contributed by atoms with Crippen LogP contribution in [0, 0.1) is 0 Å². The average Bonchev–Trinajstić information content (AvgIpc) is 3.98. The molecule has 0 saturated carbocycles. The molecular weight excluding hydrogens is 765 g/mol. The average molecular weight is 801 g/mol. The maximum atomic E-state index is 5.12. The Morgan fingerprint density at radius 3 is 1.12 bits per heavy atom. The molecule has 2 heterocycles. The highest BCUT2D eigenvalue weighted by Gasteiger charge is 2.24. The summed E-state index contributed by atoms with van der Waals surface area (Å²) in [6, 6.07) is 78.6. The Bertz CT molecular complexity index is 3140. The molecule has 0 radical (unpaired) electrons. The van der Waals surface area contributed by atoms with E-state index in [0.717, 1.165) is 48.9 Å². The first-order valence-corrected chi connectivity index (χ1v) is 21.8. The summed E-state index contributed by atoms with van der Waals surface area (Å²) in [5, 5.41) is 2.00. The topological polar surface area (TPSA) is 25.8 Å². The molecular formula is C56H36N2S2. The van der Waals surface area contributed by atoms with Crippen LogP contribution < -0.4 is 0 Å². The molecule has 0 N–H and O–H groups in total. The van der Waals surface area contributed by atoms with Crippen LogP contribution in [-0.4, -0.2) is 9.97 Å². The molecule has 0 amide bonds. The molecule has 0 bridgehead atoms. The van der Waals surface area contributed by atoms with Crippen LogP contribution in [0.25, 0.3) is 108 Å². The number of benzene rings is 9. The summed E-state index contributed by atoms with van der Waals surface area (Å²) in [7, 11) is 0. The van der Waals surface area contributed by atoms with Crippen molar-refractivity contribution in [3.05, 3.63) is 218 Å². The van der Waals surface area contributed by atoms with Crippen molar-refractivity contribution in [3.63, 3.8) is 0 Å². The first kappa shape index (κ1) is 35.9. The van der Waals surface area contributed by atoms with E-state index >= 15 is 0 Å². The summed E-state index contributed by atoms with van der Waals surface area (Å²) in [5.74, 6) is 0. The van der Waals surface area contributed by atoms with Crippen molar-refractivity contribution in [1.29, 1.82) is 0 Å². The van der Waals surface area contributed by atoms with Crippen LogP contribution >= 0.6 is 22.7 Å². The Labute approximate surface area is 357 Å². The van der Waals surface area contributed by atoms with Gasteiger partial charge in [0.05, 0.1) is 20.4 Å². The largest absolute Gasteiger partial charge is 0.236 e. The minimum Gasteiger partial charge on any atom is -0.236 e. The van der Waals surface area contributed by atoms with Gasteiger partial charge in [0.25, 0.3) is 0 Å². The van der Waals surface area contributed by atoms with Crippen molar-refractivity contribution in [1.82, 2.24) is 9.97 Å². The number of para-hydroxylation sites is 2. The number of hydrogen-bond donors (Lipinski definition) is 0. The van der Waals surface area contributed by atoms with Crippen LogP contribution in [0.2, 0.25) is 0 Å². The molecule has 2 nitrogen and oxygen atoms in total. The van der Waals surface area contributed by atoms with E-state index in [4.69, 9.17) is 9.97 Å². The Morgan fingerprint density at radius 2 is 0.617 bits per heavy atom. The highest BCUT2D eigenvalue weighted by molar-refractivity contribution is 7.22. The van der Waals surface area contributed by atoms with Crippen molar-refractivity contribution in [2.45, 2.75) is 0 Å². The van der Waals surface area contributed by atoms with E-state index in [1.807, 2.05) is 0 Å². The smallest absolute Gasteiger partial charge is 0.124 e. The lowest BCUT2D eigenvalue weighted by molar-refractivity contribution is 1.45. The summed E-state index contributed by atoms with van der Waals surface area (Å²) in [5.41, 5.74) is 18.3. The Kier molecular flexibility index (Phi) is 9.27. The van der Waals surface area contributed by atoms with Crippen LogP contribution in [-0.2, 0) is 0 Å². The molecule has 0 aliphatic carbocycles. The number of nitrogens with zero attached hydrogens (tertiary/aromatic N) is 2. The van der Waals surface area contributed by atoms with Gasteiger partial charge in [0, 0.05) is 11.1 Å². The molecule has 0 atom stereocenters. The lowest BCUT2D eigenvalue weighted by Crippen LogP contribution is -1.98. The first-order valence-electron chi connectivity index (χ1n) is 20.1. The summed E-state index contributed by atoms with van der Waals surface area (Å²) in [6.07, 6.45) is 0. The second kappa shape index (κ2) is 15.5. The quantitative estimate of drug-likeness (QED) is 0.153. The fraction of sp³-hybridized carbons (Fsp3) is 0. The summed E-state index contributed by atoms with van der Waals surface area (Å²) < 4.78 is 2.36. The Hall–Kier alpha value is -7.24. The lowest BCUT2D eigenvalue weighted by Gasteiger charge is -2.24. The third-order valence-electron chi connectivity index (χ3n) is 11.1. The predicted octanol–water partition coefficient (Wildman–Crippen LogP) is 16.2. The molecule has 9 aromatic carbocycles. The number of thiazole rings is 2. The monoisotopic (exact) mass is 800 g/mol. The van der Waals surface area contributed by atoms with Crippen molar-refractivity contribution < 1.29 is 0 Å². The van der Waals surface area contributed by atoms with Gasteiger partial charge in [0.1, 0.15) is 10.0 Å². The van der Waals surface area contributed by atoms with Crippen LogP contribution in [0.3, 0.4) is 0 Å². The molecule has 11 aromatic rings. The highest BCUT2D eigenvalue weighted by atomic mass is 32.1. The van der Waals surface area contributed by atoms with Crippen molar-refractivity contribution in [2.24, 2.45) is 0 Å². The van der Waals surface area contributed by atoms with Gasteiger partial charge in [-0.25, -0.2) is 9.97 Å². The van der Waals surface area contributed by atoms with Crippen LogP contribution in [0.15, 0.2) is 218 Å². The van der Waals surface area contributed by atoms with E-state index in [1.165, 1.54) is 59.5 Å². The van der Waals surface area contributed by atoms with E-state index < -0.39 is 0 Å². The first-order chi connectivity index (χ1) is 29.7. The van der Waals surface area contributed by atoms with Crippen molar-refractivity contribution in [3.8, 4) is 87.9 Å². The second-order valence-electron chi connectivity index (χ2n) is 14.9. The molecule has 2 aromatic heterocycles. The van der Waals surface area contributed by atoms with Gasteiger partial charge in [-0.05, 0) is 121 Å². The molecule has 0 spiro atoms. The van der Waals surface area contributed by atoms with Gasteiger partial charge in [-0.2, -0.15) is 0 Å². The zero-order valence-corrected chi connectivity index (χ0v) is 34.1. The lowest BCUT2D eigenvalue weighted by atomic mass is 9.78. The summed E-state index contributed by atoms with van der Waals surface area (Å²) >= 11 is 3.47. The Balaban J connectivity index is 1.18. The minimum atomic E-state index is 0.999. The van der Waals surface area contributed by atoms with Crippen LogP contribution in [0.5, 0.6) is 0 Å². The molecule has 4 heteroatoms. The zero-order chi connectivity index (χ0) is 39.8. The van der Waals surface area contributed by atoms with Gasteiger partial charge < -0.3 is 0 Å². The second-order valence-corrected chi connectivity index (χ2v) is 17.0. The minimum absolute atomic E-state index is 0.999. The van der Waals surface area contributed by atoms with E-state index in [0.29, 0.717) is 0 Å². The van der Waals surface area contributed by atoms with Crippen molar-refractivity contribution >= 4 is 43.1 Å². The third kappa shape index (κ3) is 6.72. The van der Waals surface area contributed by atoms with Gasteiger partial charge in [-0.1, -0.05) is 164 Å². The molecule has 0 aliphatic rings. The number of aromatic nitrogens is 2. The fourth-order valence-electron chi connectivity index (χ4n) is 8.36. The van der Waals surface area contributed by atoms with E-state index in [1.54, 1.807) is 22.7 Å². The number of hydrogen-bond acceptors (Lipinski definition) is 4. The van der Waals surface area contributed by atoms with E-state index in [-0.39, 0.29) is 0 Å². The molecule has 282 valence electrons. The molecule has 60 heavy (non-hydrogen) atoms. The van der Waals surface area contributed by atoms with Gasteiger partial charge >= 0.3 is 0 Å². The van der Waals surface area contributed by atoms with Gasteiger partial charge in [-0.3, -0.25) is 0 Å². The Morgan fingerprint density at radius 1 is 0.250 bits per heavy atom. The number of fused-ring (bicyclic) bond motifs is 2. The normalized spacial score (nSPS) is 11.3. The summed E-state index contributed by atoms with van der Waals surface area (Å²) in [6.45, 7) is 0. The predicted molar refractivity (Wildman–Crippen MR) is 256 cm³/mol. The maximum absolute atomic E-state index is 5.12. The van der Waals surface area contributed by atoms with E-state index in [2.05, 4.69) is 218 Å². The SMILES string of the molecule is c1ccc(-c2cc(-c3cccc(-c4cc(-c5nc6ccccc6s5)cc(-c5nc6ccccc6s5)c4)c3)c(-c3ccccc3)c(-c3ccccc3)c2-c2ccccc2)cc1. The molecule has 0 saturated heterocycles. The molecule has 0 unspecified atom stereocenters. The van der Waals surface area contributed by atoms with Crippen LogP contribution in [0.4, 0.5) is 0 Å². The highest BCUT2D eigenvalue weighted by Crippen LogP contribution is 2.51. The molecule has 0 fully saturated rings. The number of rotatable bonds is 8. The van der Waals surface area contributed by atoms with Crippen LogP contribution in [0.1, 0.15) is 0 Å². The summed E-state index contributed by atoms with van der Waals surface area (Å²) in [4.78, 5) is 10.2. The van der Waals surface area contributed by atoms with Crippen molar-refractivity contribution in [2.75, 3.05) is 0 Å². The van der Waals surface area contributed by atoms with Gasteiger partial charge in [0.15, 0.2) is 0 Å².